The molecule has 4 rings (SSSR count). The topological polar surface area (TPSA) is 78.1 Å². The summed E-state index contributed by atoms with van der Waals surface area (Å²) in [4.78, 5) is 2.23. The Hall–Kier alpha value is -1.57. The smallest absolute Gasteiger partial charge is 0.216 e. The Morgan fingerprint density at radius 2 is 1.85 bits per heavy atom. The molecule has 0 radical (unpaired) electrons. The summed E-state index contributed by atoms with van der Waals surface area (Å²) >= 11 is 5.85. The molecule has 2 aliphatic rings. The van der Waals surface area contributed by atoms with E-state index in [1.54, 1.807) is 24.3 Å². The summed E-state index contributed by atoms with van der Waals surface area (Å²) in [6.07, 6.45) is 4.06. The SMILES string of the molecule is O=S(=O)(Cc1ccc(Cl)cc1)NC1CCN(c2cc(C3CC3)[nH]n2)CC1. The third kappa shape index (κ3) is 4.39. The summed E-state index contributed by atoms with van der Waals surface area (Å²) in [6.45, 7) is 1.62. The van der Waals surface area contributed by atoms with Gasteiger partial charge < -0.3 is 4.90 Å². The van der Waals surface area contributed by atoms with Crippen LogP contribution in [-0.4, -0.2) is 37.7 Å². The van der Waals surface area contributed by atoms with Crippen LogP contribution < -0.4 is 9.62 Å². The quantitative estimate of drug-likeness (QED) is 0.789. The third-order valence-electron chi connectivity index (χ3n) is 5.04. The minimum atomic E-state index is -3.36. The number of anilines is 1. The Labute approximate surface area is 159 Å². The fourth-order valence-corrected chi connectivity index (χ4v) is 5.00. The van der Waals surface area contributed by atoms with Gasteiger partial charge in [-0.25, -0.2) is 13.1 Å². The van der Waals surface area contributed by atoms with E-state index >= 15 is 0 Å². The van der Waals surface area contributed by atoms with Crippen molar-refractivity contribution in [3.05, 3.63) is 46.6 Å². The molecule has 0 atom stereocenters. The predicted octanol–water partition coefficient (Wildman–Crippen LogP) is 3.03. The highest BCUT2D eigenvalue weighted by atomic mass is 35.5. The fourth-order valence-electron chi connectivity index (χ4n) is 3.41. The minimum Gasteiger partial charge on any atom is -0.355 e. The number of benzene rings is 1. The van der Waals surface area contributed by atoms with E-state index in [0.29, 0.717) is 10.9 Å². The van der Waals surface area contributed by atoms with Crippen molar-refractivity contribution in [2.75, 3.05) is 18.0 Å². The van der Waals surface area contributed by atoms with Crippen LogP contribution >= 0.6 is 11.6 Å². The van der Waals surface area contributed by atoms with Crippen LogP contribution in [0.5, 0.6) is 0 Å². The van der Waals surface area contributed by atoms with Crippen molar-refractivity contribution < 1.29 is 8.42 Å². The summed E-state index contributed by atoms with van der Waals surface area (Å²) in [5, 5.41) is 8.15. The molecule has 6 nitrogen and oxygen atoms in total. The van der Waals surface area contributed by atoms with E-state index in [1.165, 1.54) is 18.5 Å². The number of rotatable bonds is 6. The van der Waals surface area contributed by atoms with Gasteiger partial charge in [-0.15, -0.1) is 0 Å². The van der Waals surface area contributed by atoms with Crippen molar-refractivity contribution in [2.24, 2.45) is 0 Å². The fraction of sp³-hybridized carbons (Fsp3) is 0.500. The Balaban J connectivity index is 1.30. The number of nitrogens with one attached hydrogen (secondary N) is 2. The van der Waals surface area contributed by atoms with Crippen LogP contribution in [0.15, 0.2) is 30.3 Å². The summed E-state index contributed by atoms with van der Waals surface area (Å²) in [7, 11) is -3.36. The van der Waals surface area contributed by atoms with Crippen LogP contribution in [0.25, 0.3) is 0 Å². The lowest BCUT2D eigenvalue weighted by Crippen LogP contribution is -2.45. The minimum absolute atomic E-state index is 0.0193. The van der Waals surface area contributed by atoms with Gasteiger partial charge in [-0.1, -0.05) is 23.7 Å². The molecule has 2 N–H and O–H groups in total. The van der Waals surface area contributed by atoms with E-state index in [2.05, 4.69) is 25.9 Å². The van der Waals surface area contributed by atoms with E-state index in [4.69, 9.17) is 11.6 Å². The maximum absolute atomic E-state index is 12.4. The molecule has 2 aromatic rings. The number of hydrogen-bond donors (Lipinski definition) is 2. The molecule has 2 fully saturated rings. The van der Waals surface area contributed by atoms with Crippen LogP contribution in [0.3, 0.4) is 0 Å². The van der Waals surface area contributed by atoms with Gasteiger partial charge in [-0.05, 0) is 43.4 Å². The molecule has 1 saturated carbocycles. The molecule has 0 amide bonds. The van der Waals surface area contributed by atoms with Crippen LogP contribution in [0.2, 0.25) is 5.02 Å². The van der Waals surface area contributed by atoms with Crippen LogP contribution in [0.1, 0.15) is 42.9 Å². The number of H-pyrrole nitrogens is 1. The van der Waals surface area contributed by atoms with Crippen LogP contribution in [-0.2, 0) is 15.8 Å². The molecule has 140 valence electrons. The first kappa shape index (κ1) is 17.8. The van der Waals surface area contributed by atoms with Crippen molar-refractivity contribution in [3.63, 3.8) is 0 Å². The second-order valence-electron chi connectivity index (χ2n) is 7.22. The summed E-state index contributed by atoms with van der Waals surface area (Å²) < 4.78 is 27.7. The number of hydrogen-bond acceptors (Lipinski definition) is 4. The molecule has 2 heterocycles. The van der Waals surface area contributed by atoms with Gasteiger partial charge in [0.1, 0.15) is 0 Å². The summed E-state index contributed by atoms with van der Waals surface area (Å²) in [5.74, 6) is 1.62. The molecule has 0 bridgehead atoms. The van der Waals surface area contributed by atoms with Gasteiger partial charge in [-0.3, -0.25) is 5.10 Å². The van der Waals surface area contributed by atoms with E-state index in [-0.39, 0.29) is 11.8 Å². The van der Waals surface area contributed by atoms with E-state index in [9.17, 15) is 8.42 Å². The molecule has 1 aromatic carbocycles. The number of aromatic nitrogens is 2. The lowest BCUT2D eigenvalue weighted by molar-refractivity contribution is 0.458. The van der Waals surface area contributed by atoms with Gasteiger partial charge in [0.15, 0.2) is 5.82 Å². The van der Waals surface area contributed by atoms with Gasteiger partial charge in [-0.2, -0.15) is 5.10 Å². The molecule has 0 spiro atoms. The molecule has 0 unspecified atom stereocenters. The highest BCUT2D eigenvalue weighted by Gasteiger charge is 2.28. The van der Waals surface area contributed by atoms with Gasteiger partial charge in [0, 0.05) is 41.8 Å². The lowest BCUT2D eigenvalue weighted by Gasteiger charge is -2.32. The molecular formula is C18H23ClN4O2S. The van der Waals surface area contributed by atoms with Gasteiger partial charge in [0.2, 0.25) is 10.0 Å². The number of sulfonamides is 1. The standard InChI is InChI=1S/C18H23ClN4O2S/c19-15-5-1-13(2-6-15)12-26(24,25)22-16-7-9-23(10-8-16)18-11-17(20-21-18)14-3-4-14/h1-2,5-6,11,14,16,22H,3-4,7-10,12H2,(H,20,21). The average Bonchev–Trinajstić information content (AvgIpc) is 3.34. The first-order valence-electron chi connectivity index (χ1n) is 9.03. The first-order chi connectivity index (χ1) is 12.5. The van der Waals surface area contributed by atoms with Crippen molar-refractivity contribution >= 4 is 27.4 Å². The molecule has 1 aliphatic carbocycles. The maximum atomic E-state index is 12.4. The van der Waals surface area contributed by atoms with Gasteiger partial charge >= 0.3 is 0 Å². The second kappa shape index (κ2) is 7.21. The van der Waals surface area contributed by atoms with Crippen molar-refractivity contribution in [1.82, 2.24) is 14.9 Å². The molecule has 1 aromatic heterocycles. The largest absolute Gasteiger partial charge is 0.355 e. The molecule has 1 aliphatic heterocycles. The second-order valence-corrected chi connectivity index (χ2v) is 9.41. The number of aromatic amines is 1. The number of piperidine rings is 1. The monoisotopic (exact) mass is 394 g/mol. The lowest BCUT2D eigenvalue weighted by atomic mass is 10.1. The van der Waals surface area contributed by atoms with E-state index in [1.807, 2.05) is 0 Å². The van der Waals surface area contributed by atoms with Crippen molar-refractivity contribution in [2.45, 2.75) is 43.4 Å². The summed E-state index contributed by atoms with van der Waals surface area (Å²) in [5.41, 5.74) is 1.97. The number of halogens is 1. The van der Waals surface area contributed by atoms with Gasteiger partial charge in [0.05, 0.1) is 5.75 Å². The number of nitrogens with zero attached hydrogens (tertiary/aromatic N) is 2. The van der Waals surface area contributed by atoms with E-state index < -0.39 is 10.0 Å². The Kier molecular flexibility index (Phi) is 4.94. The molecule has 26 heavy (non-hydrogen) atoms. The van der Waals surface area contributed by atoms with Crippen molar-refractivity contribution in [3.8, 4) is 0 Å². The van der Waals surface area contributed by atoms with Gasteiger partial charge in [0.25, 0.3) is 0 Å². The Morgan fingerprint density at radius 3 is 2.50 bits per heavy atom. The highest BCUT2D eigenvalue weighted by Crippen LogP contribution is 2.40. The van der Waals surface area contributed by atoms with Crippen LogP contribution in [0.4, 0.5) is 5.82 Å². The zero-order valence-corrected chi connectivity index (χ0v) is 16.1. The molecule has 1 saturated heterocycles. The zero-order valence-electron chi connectivity index (χ0n) is 14.5. The molecule has 8 heteroatoms. The Bertz CT molecular complexity index is 854. The Morgan fingerprint density at radius 1 is 1.15 bits per heavy atom. The average molecular weight is 395 g/mol. The first-order valence-corrected chi connectivity index (χ1v) is 11.1. The predicted molar refractivity (Wildman–Crippen MR) is 103 cm³/mol. The highest BCUT2D eigenvalue weighted by molar-refractivity contribution is 7.88. The maximum Gasteiger partial charge on any atom is 0.216 e. The third-order valence-corrected chi connectivity index (χ3v) is 6.69. The molecular weight excluding hydrogens is 372 g/mol. The summed E-state index contributed by atoms with van der Waals surface area (Å²) in [6, 6.07) is 9.04. The normalized spacial score (nSPS) is 19.0. The zero-order chi connectivity index (χ0) is 18.1. The van der Waals surface area contributed by atoms with E-state index in [0.717, 1.165) is 37.3 Å². The van der Waals surface area contributed by atoms with Crippen LogP contribution in [0, 0.1) is 0 Å². The van der Waals surface area contributed by atoms with Crippen molar-refractivity contribution in [1.29, 1.82) is 0 Å².